The first-order valence-electron chi connectivity index (χ1n) is 7.04. The van der Waals surface area contributed by atoms with E-state index in [9.17, 15) is 9.18 Å². The maximum atomic E-state index is 13.0. The van der Waals surface area contributed by atoms with Crippen molar-refractivity contribution in [2.45, 2.75) is 12.8 Å². The molecule has 3 aromatic rings. The van der Waals surface area contributed by atoms with E-state index < -0.39 is 0 Å². The molecule has 0 radical (unpaired) electrons. The molecule has 3 rings (SSSR count). The maximum absolute atomic E-state index is 13.0. The lowest BCUT2D eigenvalue weighted by Crippen LogP contribution is -2.27. The van der Waals surface area contributed by atoms with Crippen LogP contribution < -0.4 is 5.32 Å². The van der Waals surface area contributed by atoms with Crippen LogP contribution in [0.3, 0.4) is 0 Å². The molecular weight excluding hydrogens is 283 g/mol. The average Bonchev–Trinajstić information content (AvgIpc) is 2.95. The molecule has 0 spiro atoms. The highest BCUT2D eigenvalue weighted by Crippen LogP contribution is 2.14. The fourth-order valence-electron chi connectivity index (χ4n) is 2.30. The molecule has 112 valence electrons. The molecule has 1 N–H and O–H groups in total. The van der Waals surface area contributed by atoms with Crippen molar-refractivity contribution in [3.05, 3.63) is 65.8 Å². The Balaban J connectivity index is 1.50. The SMILES string of the molecule is O=C(Cc1cccc(F)c1)NCCc1ccc2ocnc2c1. The van der Waals surface area contributed by atoms with Gasteiger partial charge in [-0.3, -0.25) is 4.79 Å². The Hall–Kier alpha value is -2.69. The van der Waals surface area contributed by atoms with Crippen LogP contribution in [0.1, 0.15) is 11.1 Å². The van der Waals surface area contributed by atoms with Crippen LogP contribution in [0.2, 0.25) is 0 Å². The van der Waals surface area contributed by atoms with Crippen LogP contribution in [0, 0.1) is 5.82 Å². The number of fused-ring (bicyclic) bond motifs is 1. The van der Waals surface area contributed by atoms with Crippen molar-refractivity contribution in [2.24, 2.45) is 0 Å². The topological polar surface area (TPSA) is 55.1 Å². The Morgan fingerprint density at radius 1 is 1.18 bits per heavy atom. The Morgan fingerprint density at radius 3 is 2.95 bits per heavy atom. The minimum Gasteiger partial charge on any atom is -0.443 e. The molecule has 1 amide bonds. The number of carbonyl (C=O) groups excluding carboxylic acids is 1. The van der Waals surface area contributed by atoms with Crippen LogP contribution in [0.15, 0.2) is 53.3 Å². The number of aromatic nitrogens is 1. The third kappa shape index (κ3) is 3.49. The number of carbonyl (C=O) groups is 1. The van der Waals surface area contributed by atoms with Gasteiger partial charge in [0.2, 0.25) is 5.91 Å². The third-order valence-electron chi connectivity index (χ3n) is 3.38. The predicted molar refractivity (Wildman–Crippen MR) is 80.8 cm³/mol. The number of benzene rings is 2. The first kappa shape index (κ1) is 14.3. The highest BCUT2D eigenvalue weighted by Gasteiger charge is 2.05. The molecule has 1 aromatic heterocycles. The van der Waals surface area contributed by atoms with Crippen molar-refractivity contribution >= 4 is 17.0 Å². The summed E-state index contributed by atoms with van der Waals surface area (Å²) in [6, 6.07) is 11.8. The standard InChI is InChI=1S/C17H15FN2O2/c18-14-3-1-2-13(8-14)10-17(21)19-7-6-12-4-5-16-15(9-12)20-11-22-16/h1-5,8-9,11H,6-7,10H2,(H,19,21). The van der Waals surface area contributed by atoms with Gasteiger partial charge < -0.3 is 9.73 Å². The highest BCUT2D eigenvalue weighted by atomic mass is 19.1. The van der Waals surface area contributed by atoms with Gasteiger partial charge in [-0.25, -0.2) is 9.37 Å². The molecule has 0 unspecified atom stereocenters. The van der Waals surface area contributed by atoms with Crippen LogP contribution in [0.4, 0.5) is 4.39 Å². The molecule has 2 aromatic carbocycles. The fourth-order valence-corrected chi connectivity index (χ4v) is 2.30. The van der Waals surface area contributed by atoms with Crippen LogP contribution in [0.25, 0.3) is 11.1 Å². The van der Waals surface area contributed by atoms with Crippen LogP contribution in [0.5, 0.6) is 0 Å². The summed E-state index contributed by atoms with van der Waals surface area (Å²) < 4.78 is 18.2. The summed E-state index contributed by atoms with van der Waals surface area (Å²) in [5, 5.41) is 2.84. The van der Waals surface area contributed by atoms with Gasteiger partial charge in [0.05, 0.1) is 6.42 Å². The fraction of sp³-hybridized carbons (Fsp3) is 0.176. The monoisotopic (exact) mass is 298 g/mol. The summed E-state index contributed by atoms with van der Waals surface area (Å²) in [7, 11) is 0. The zero-order valence-corrected chi connectivity index (χ0v) is 11.9. The van der Waals surface area contributed by atoms with Crippen molar-refractivity contribution in [1.82, 2.24) is 10.3 Å². The number of amides is 1. The number of rotatable bonds is 5. The van der Waals surface area contributed by atoms with E-state index in [1.165, 1.54) is 18.5 Å². The van der Waals surface area contributed by atoms with E-state index in [2.05, 4.69) is 10.3 Å². The van der Waals surface area contributed by atoms with E-state index in [-0.39, 0.29) is 18.1 Å². The number of hydrogen-bond donors (Lipinski definition) is 1. The number of nitrogens with zero attached hydrogens (tertiary/aromatic N) is 1. The molecule has 0 fully saturated rings. The van der Waals surface area contributed by atoms with Gasteiger partial charge >= 0.3 is 0 Å². The second-order valence-corrected chi connectivity index (χ2v) is 5.06. The van der Waals surface area contributed by atoms with Crippen molar-refractivity contribution in [3.63, 3.8) is 0 Å². The van der Waals surface area contributed by atoms with E-state index in [0.29, 0.717) is 18.5 Å². The Kier molecular flexibility index (Phi) is 4.14. The summed E-state index contributed by atoms with van der Waals surface area (Å²) in [4.78, 5) is 15.9. The van der Waals surface area contributed by atoms with Gasteiger partial charge in [0.15, 0.2) is 12.0 Å². The molecule has 0 saturated carbocycles. The van der Waals surface area contributed by atoms with Gasteiger partial charge in [0.25, 0.3) is 0 Å². The Bertz CT molecular complexity index is 798. The average molecular weight is 298 g/mol. The van der Waals surface area contributed by atoms with Gasteiger partial charge in [-0.15, -0.1) is 0 Å². The molecule has 22 heavy (non-hydrogen) atoms. The van der Waals surface area contributed by atoms with Crippen LogP contribution >= 0.6 is 0 Å². The smallest absolute Gasteiger partial charge is 0.224 e. The van der Waals surface area contributed by atoms with Gasteiger partial charge in [-0.1, -0.05) is 18.2 Å². The van der Waals surface area contributed by atoms with Gasteiger partial charge in [-0.2, -0.15) is 0 Å². The number of halogens is 1. The Labute approximate surface area is 127 Å². The van der Waals surface area contributed by atoms with Crippen molar-refractivity contribution < 1.29 is 13.6 Å². The van der Waals surface area contributed by atoms with E-state index in [0.717, 1.165) is 16.7 Å². The molecular formula is C17H15FN2O2. The largest absolute Gasteiger partial charge is 0.443 e. The molecule has 0 atom stereocenters. The lowest BCUT2D eigenvalue weighted by molar-refractivity contribution is -0.120. The minimum absolute atomic E-state index is 0.117. The lowest BCUT2D eigenvalue weighted by atomic mass is 10.1. The molecule has 4 nitrogen and oxygen atoms in total. The van der Waals surface area contributed by atoms with Crippen molar-refractivity contribution in [1.29, 1.82) is 0 Å². The van der Waals surface area contributed by atoms with Gasteiger partial charge in [0, 0.05) is 6.54 Å². The molecule has 0 bridgehead atoms. The minimum atomic E-state index is -0.328. The zero-order chi connectivity index (χ0) is 15.4. The first-order chi connectivity index (χ1) is 10.7. The van der Waals surface area contributed by atoms with Gasteiger partial charge in [0.1, 0.15) is 11.3 Å². The summed E-state index contributed by atoms with van der Waals surface area (Å²) in [6.07, 6.45) is 2.30. The van der Waals surface area contributed by atoms with E-state index >= 15 is 0 Å². The van der Waals surface area contributed by atoms with Crippen molar-refractivity contribution in [2.75, 3.05) is 6.54 Å². The third-order valence-corrected chi connectivity index (χ3v) is 3.38. The number of oxazole rings is 1. The maximum Gasteiger partial charge on any atom is 0.224 e. The van der Waals surface area contributed by atoms with Crippen LogP contribution in [-0.4, -0.2) is 17.4 Å². The predicted octanol–water partition coefficient (Wildman–Crippen LogP) is 2.87. The molecule has 0 aliphatic carbocycles. The lowest BCUT2D eigenvalue weighted by Gasteiger charge is -2.06. The summed E-state index contributed by atoms with van der Waals surface area (Å²) in [5.41, 5.74) is 3.30. The van der Waals surface area contributed by atoms with E-state index in [1.807, 2.05) is 18.2 Å². The second-order valence-electron chi connectivity index (χ2n) is 5.06. The highest BCUT2D eigenvalue weighted by molar-refractivity contribution is 5.78. The van der Waals surface area contributed by atoms with Gasteiger partial charge in [-0.05, 0) is 41.8 Å². The second kappa shape index (κ2) is 6.39. The summed E-state index contributed by atoms with van der Waals surface area (Å²) >= 11 is 0. The molecule has 5 heteroatoms. The first-order valence-corrected chi connectivity index (χ1v) is 7.04. The number of hydrogen-bond acceptors (Lipinski definition) is 3. The zero-order valence-electron chi connectivity index (χ0n) is 11.9. The normalized spacial score (nSPS) is 10.8. The Morgan fingerprint density at radius 2 is 2.09 bits per heavy atom. The van der Waals surface area contributed by atoms with Crippen molar-refractivity contribution in [3.8, 4) is 0 Å². The number of nitrogens with one attached hydrogen (secondary N) is 1. The summed E-state index contributed by atoms with van der Waals surface area (Å²) in [6.45, 7) is 0.525. The molecule has 0 aliphatic heterocycles. The molecule has 0 saturated heterocycles. The van der Waals surface area contributed by atoms with E-state index in [1.54, 1.807) is 12.1 Å². The molecule has 0 aliphatic rings. The van der Waals surface area contributed by atoms with E-state index in [4.69, 9.17) is 4.42 Å². The van der Waals surface area contributed by atoms with Crippen LogP contribution in [-0.2, 0) is 17.6 Å². The quantitative estimate of drug-likeness (QED) is 0.788. The summed E-state index contributed by atoms with van der Waals surface area (Å²) in [5.74, 6) is -0.445. The molecule has 1 heterocycles.